The van der Waals surface area contributed by atoms with Crippen molar-refractivity contribution < 1.29 is 9.18 Å². The fraction of sp³-hybridized carbons (Fsp3) is 0.588. The molecule has 1 saturated heterocycles. The third-order valence-corrected chi connectivity index (χ3v) is 3.95. The quantitative estimate of drug-likeness (QED) is 0.879. The Labute approximate surface area is 126 Å². The second-order valence-corrected chi connectivity index (χ2v) is 7.44. The summed E-state index contributed by atoms with van der Waals surface area (Å²) in [4.78, 5) is 12.3. The molecule has 1 heterocycles. The van der Waals surface area contributed by atoms with Gasteiger partial charge in [0.1, 0.15) is 5.82 Å². The maximum absolute atomic E-state index is 13.3. The van der Waals surface area contributed by atoms with Crippen LogP contribution < -0.4 is 10.6 Å². The molecule has 0 unspecified atom stereocenters. The number of aryl methyl sites for hydroxylation is 1. The van der Waals surface area contributed by atoms with Gasteiger partial charge in [0.2, 0.25) is 0 Å². The van der Waals surface area contributed by atoms with E-state index in [0.717, 1.165) is 12.8 Å². The number of nitrogens with one attached hydrogen (secondary N) is 2. The Morgan fingerprint density at radius 3 is 2.33 bits per heavy atom. The van der Waals surface area contributed by atoms with Crippen LogP contribution in [0.3, 0.4) is 0 Å². The molecule has 1 fully saturated rings. The van der Waals surface area contributed by atoms with E-state index in [1.54, 1.807) is 13.0 Å². The van der Waals surface area contributed by atoms with Crippen LogP contribution in [-0.4, -0.2) is 23.0 Å². The fourth-order valence-corrected chi connectivity index (χ4v) is 3.48. The van der Waals surface area contributed by atoms with Gasteiger partial charge in [-0.2, -0.15) is 0 Å². The van der Waals surface area contributed by atoms with Crippen LogP contribution >= 0.6 is 0 Å². The molecule has 0 atom stereocenters. The molecule has 0 aromatic heterocycles. The molecule has 0 bridgehead atoms. The molecule has 4 heteroatoms. The zero-order valence-corrected chi connectivity index (χ0v) is 13.5. The smallest absolute Gasteiger partial charge is 0.251 e. The molecule has 1 amide bonds. The second-order valence-electron chi connectivity index (χ2n) is 7.44. The van der Waals surface area contributed by atoms with Gasteiger partial charge >= 0.3 is 0 Å². The van der Waals surface area contributed by atoms with E-state index in [2.05, 4.69) is 38.3 Å². The molecule has 1 aliphatic heterocycles. The van der Waals surface area contributed by atoms with E-state index in [9.17, 15) is 9.18 Å². The van der Waals surface area contributed by atoms with Gasteiger partial charge in [-0.1, -0.05) is 0 Å². The highest BCUT2D eigenvalue weighted by atomic mass is 19.1. The lowest BCUT2D eigenvalue weighted by molar-refractivity contribution is 0.0873. The topological polar surface area (TPSA) is 41.1 Å². The maximum atomic E-state index is 13.3. The molecular weight excluding hydrogens is 267 g/mol. The highest BCUT2D eigenvalue weighted by molar-refractivity contribution is 5.94. The third kappa shape index (κ3) is 4.03. The largest absolute Gasteiger partial charge is 0.349 e. The molecule has 0 radical (unpaired) electrons. The number of hydrogen-bond donors (Lipinski definition) is 2. The first kappa shape index (κ1) is 16.0. The molecule has 116 valence electrons. The number of benzene rings is 1. The molecule has 0 aliphatic carbocycles. The summed E-state index contributed by atoms with van der Waals surface area (Å²) >= 11 is 0. The predicted octanol–water partition coefficient (Wildman–Crippen LogP) is 3.17. The number of halogens is 1. The number of carbonyl (C=O) groups excluding carboxylic acids is 1. The molecule has 1 aliphatic rings. The highest BCUT2D eigenvalue weighted by Gasteiger charge is 2.38. The predicted molar refractivity (Wildman–Crippen MR) is 82.9 cm³/mol. The zero-order chi connectivity index (χ0) is 15.8. The number of amides is 1. The van der Waals surface area contributed by atoms with E-state index in [-0.39, 0.29) is 28.8 Å². The highest BCUT2D eigenvalue weighted by Crippen LogP contribution is 2.28. The van der Waals surface area contributed by atoms with Gasteiger partial charge in [-0.25, -0.2) is 4.39 Å². The Bertz CT molecular complexity index is 536. The van der Waals surface area contributed by atoms with Gasteiger partial charge in [-0.3, -0.25) is 4.79 Å². The Morgan fingerprint density at radius 2 is 1.81 bits per heavy atom. The summed E-state index contributed by atoms with van der Waals surface area (Å²) < 4.78 is 13.3. The molecule has 0 saturated carbocycles. The van der Waals surface area contributed by atoms with Crippen molar-refractivity contribution in [3.05, 3.63) is 35.1 Å². The van der Waals surface area contributed by atoms with Gasteiger partial charge in [0.15, 0.2) is 0 Å². The number of rotatable bonds is 2. The van der Waals surface area contributed by atoms with Crippen LogP contribution in [0, 0.1) is 12.7 Å². The average molecular weight is 292 g/mol. The molecule has 1 aromatic rings. The summed E-state index contributed by atoms with van der Waals surface area (Å²) in [5.74, 6) is -0.410. The second kappa shape index (κ2) is 5.41. The van der Waals surface area contributed by atoms with Crippen LogP contribution in [0.5, 0.6) is 0 Å². The van der Waals surface area contributed by atoms with Crippen molar-refractivity contribution in [3.63, 3.8) is 0 Å². The molecule has 2 rings (SSSR count). The normalized spacial score (nSPS) is 21.0. The minimum atomic E-state index is -0.282. The van der Waals surface area contributed by atoms with Gasteiger partial charge in [0, 0.05) is 22.7 Å². The fourth-order valence-electron chi connectivity index (χ4n) is 3.48. The van der Waals surface area contributed by atoms with Crippen molar-refractivity contribution in [1.82, 2.24) is 10.6 Å². The maximum Gasteiger partial charge on any atom is 0.251 e. The summed E-state index contributed by atoms with van der Waals surface area (Å²) in [6.07, 6.45) is 1.75. The minimum Gasteiger partial charge on any atom is -0.349 e. The lowest BCUT2D eigenvalue weighted by Gasteiger charge is -2.46. The Morgan fingerprint density at radius 1 is 1.24 bits per heavy atom. The van der Waals surface area contributed by atoms with Crippen molar-refractivity contribution in [3.8, 4) is 0 Å². The van der Waals surface area contributed by atoms with E-state index < -0.39 is 0 Å². The molecule has 3 nitrogen and oxygen atoms in total. The van der Waals surface area contributed by atoms with Crippen LogP contribution in [-0.2, 0) is 0 Å². The zero-order valence-electron chi connectivity index (χ0n) is 13.5. The molecule has 21 heavy (non-hydrogen) atoms. The van der Waals surface area contributed by atoms with Crippen LogP contribution in [0.25, 0.3) is 0 Å². The van der Waals surface area contributed by atoms with E-state index in [0.29, 0.717) is 11.1 Å². The first-order valence-corrected chi connectivity index (χ1v) is 7.44. The van der Waals surface area contributed by atoms with Gasteiger partial charge in [-0.15, -0.1) is 0 Å². The molecule has 2 N–H and O–H groups in total. The van der Waals surface area contributed by atoms with E-state index >= 15 is 0 Å². The van der Waals surface area contributed by atoms with Crippen LogP contribution in [0.1, 0.15) is 56.5 Å². The number of hydrogen-bond acceptors (Lipinski definition) is 2. The van der Waals surface area contributed by atoms with E-state index in [4.69, 9.17) is 0 Å². The van der Waals surface area contributed by atoms with Crippen molar-refractivity contribution >= 4 is 5.91 Å². The van der Waals surface area contributed by atoms with Gasteiger partial charge < -0.3 is 10.6 Å². The lowest BCUT2D eigenvalue weighted by Crippen LogP contribution is -2.62. The molecule has 1 aromatic carbocycles. The van der Waals surface area contributed by atoms with Gasteiger partial charge in [0.05, 0.1) is 0 Å². The number of piperidine rings is 1. The van der Waals surface area contributed by atoms with Gasteiger partial charge in [-0.05, 0) is 71.2 Å². The monoisotopic (exact) mass is 292 g/mol. The van der Waals surface area contributed by atoms with Crippen LogP contribution in [0.15, 0.2) is 18.2 Å². The lowest BCUT2D eigenvalue weighted by atomic mass is 9.79. The Kier molecular flexibility index (Phi) is 4.11. The first-order chi connectivity index (χ1) is 9.58. The molecular formula is C17H25FN2O. The minimum absolute atomic E-state index is 0.0155. The van der Waals surface area contributed by atoms with E-state index in [1.165, 1.54) is 12.1 Å². The number of carbonyl (C=O) groups is 1. The SMILES string of the molecule is Cc1cc(C(=O)NC2CC(C)(C)NC(C)(C)C2)ccc1F. The van der Waals surface area contributed by atoms with Crippen LogP contribution in [0.2, 0.25) is 0 Å². The van der Waals surface area contributed by atoms with E-state index in [1.807, 2.05) is 0 Å². The molecule has 0 spiro atoms. The first-order valence-electron chi connectivity index (χ1n) is 7.44. The summed E-state index contributed by atoms with van der Waals surface area (Å²) in [6, 6.07) is 4.60. The summed E-state index contributed by atoms with van der Waals surface area (Å²) in [7, 11) is 0. The van der Waals surface area contributed by atoms with Crippen molar-refractivity contribution in [2.75, 3.05) is 0 Å². The Balaban J connectivity index is 2.10. The van der Waals surface area contributed by atoms with Crippen LogP contribution in [0.4, 0.5) is 4.39 Å². The average Bonchev–Trinajstić information content (AvgIpc) is 2.28. The standard InChI is InChI=1S/C17H25FN2O/c1-11-8-12(6-7-14(11)18)15(21)19-13-9-16(2,3)20-17(4,5)10-13/h6-8,13,20H,9-10H2,1-5H3,(H,19,21). The summed E-state index contributed by atoms with van der Waals surface area (Å²) in [5.41, 5.74) is 0.980. The Hall–Kier alpha value is -1.42. The van der Waals surface area contributed by atoms with Crippen molar-refractivity contribution in [2.45, 2.75) is 64.6 Å². The van der Waals surface area contributed by atoms with Crippen molar-refractivity contribution in [1.29, 1.82) is 0 Å². The van der Waals surface area contributed by atoms with Gasteiger partial charge in [0.25, 0.3) is 5.91 Å². The van der Waals surface area contributed by atoms with Crippen molar-refractivity contribution in [2.24, 2.45) is 0 Å². The summed E-state index contributed by atoms with van der Waals surface area (Å²) in [5, 5.41) is 6.68. The summed E-state index contributed by atoms with van der Waals surface area (Å²) in [6.45, 7) is 10.3. The third-order valence-electron chi connectivity index (χ3n) is 3.95.